The molecule has 0 saturated heterocycles. The lowest BCUT2D eigenvalue weighted by molar-refractivity contribution is -0.153. The smallest absolute Gasteiger partial charge is 0.311 e. The van der Waals surface area contributed by atoms with Crippen LogP contribution in [0.1, 0.15) is 51.9 Å². The molecule has 0 spiro atoms. The maximum Gasteiger partial charge on any atom is 0.311 e. The number of hydrogen-bond acceptors (Lipinski definition) is 15. The van der Waals surface area contributed by atoms with E-state index < -0.39 is 29.3 Å². The molecule has 0 unspecified atom stereocenters. The molecule has 0 amide bonds. The maximum atomic E-state index is 12.6. The SMILES string of the molecule is C=COC(=O)CCSCCC(=O)OCC(CC)(COC(=O)CCSCCC(=O)OC=C)CSC(=O)CCSCCC(=O)OC=C. The number of carbonyl (C=O) groups is 6. The normalized spacial score (nSPS) is 10.7. The zero-order chi connectivity index (χ0) is 33.8. The number of carbonyl (C=O) groups excluding carboxylic acids is 6. The van der Waals surface area contributed by atoms with Crippen molar-refractivity contribution in [3.63, 3.8) is 0 Å². The first-order valence-corrected chi connectivity index (χ1v) is 18.7. The second-order valence-electron chi connectivity index (χ2n) is 9.14. The van der Waals surface area contributed by atoms with Gasteiger partial charge in [0.05, 0.1) is 50.9 Å². The largest absolute Gasteiger partial charge is 0.465 e. The van der Waals surface area contributed by atoms with Crippen molar-refractivity contribution in [1.82, 2.24) is 0 Å². The lowest BCUT2D eigenvalue weighted by atomic mass is 9.89. The standard InChI is InChI=1S/C30H44O11S4/c1-5-30(21-40-27(34)12-18-42-15-9-24(31)37-6-2,22-41-28(35)13-19-43-16-10-25(32)38-7-3)23-45-29(36)14-20-44-17-11-26(33)39-8-4/h6-8H,2-5,9-23H2,1H3. The van der Waals surface area contributed by atoms with Crippen molar-refractivity contribution in [2.24, 2.45) is 5.41 Å². The van der Waals surface area contributed by atoms with Crippen molar-refractivity contribution in [2.45, 2.75) is 51.9 Å². The molecule has 0 aromatic rings. The summed E-state index contributed by atoms with van der Waals surface area (Å²) in [5.74, 6) is 1.16. The van der Waals surface area contributed by atoms with Crippen molar-refractivity contribution in [3.8, 4) is 0 Å². The third kappa shape index (κ3) is 24.5. The van der Waals surface area contributed by atoms with Gasteiger partial charge in [-0.15, -0.1) is 0 Å². The van der Waals surface area contributed by atoms with Gasteiger partial charge in [-0.2, -0.15) is 35.3 Å². The molecule has 0 bridgehead atoms. The summed E-state index contributed by atoms with van der Waals surface area (Å²) in [6.07, 6.45) is 4.85. The average Bonchev–Trinajstić information content (AvgIpc) is 3.00. The Labute approximate surface area is 282 Å². The van der Waals surface area contributed by atoms with Crippen molar-refractivity contribution in [2.75, 3.05) is 53.5 Å². The van der Waals surface area contributed by atoms with Gasteiger partial charge in [0.1, 0.15) is 13.2 Å². The maximum absolute atomic E-state index is 12.6. The van der Waals surface area contributed by atoms with E-state index in [2.05, 4.69) is 33.9 Å². The molecular weight excluding hydrogens is 665 g/mol. The van der Waals surface area contributed by atoms with Crippen molar-refractivity contribution in [3.05, 3.63) is 38.5 Å². The minimum absolute atomic E-state index is 0.0352. The van der Waals surface area contributed by atoms with E-state index in [1.165, 1.54) is 35.3 Å². The molecule has 15 heteroatoms. The predicted molar refractivity (Wildman–Crippen MR) is 181 cm³/mol. The fourth-order valence-electron chi connectivity index (χ4n) is 3.04. The molecular formula is C30H44O11S4. The summed E-state index contributed by atoms with van der Waals surface area (Å²) in [6.45, 7) is 11.8. The van der Waals surface area contributed by atoms with Crippen LogP contribution in [0, 0.1) is 5.41 Å². The molecule has 0 fully saturated rings. The van der Waals surface area contributed by atoms with Gasteiger partial charge in [-0.1, -0.05) is 38.4 Å². The van der Waals surface area contributed by atoms with Crippen LogP contribution in [-0.4, -0.2) is 88.4 Å². The lowest BCUT2D eigenvalue weighted by Crippen LogP contribution is -2.37. The highest BCUT2D eigenvalue weighted by Crippen LogP contribution is 2.30. The average molecular weight is 709 g/mol. The van der Waals surface area contributed by atoms with Crippen molar-refractivity contribution >= 4 is 82.0 Å². The van der Waals surface area contributed by atoms with E-state index in [4.69, 9.17) is 9.47 Å². The highest BCUT2D eigenvalue weighted by molar-refractivity contribution is 8.13. The fourth-order valence-corrected chi connectivity index (χ4v) is 6.75. The molecule has 0 aromatic carbocycles. The van der Waals surface area contributed by atoms with Gasteiger partial charge < -0.3 is 23.7 Å². The van der Waals surface area contributed by atoms with Crippen LogP contribution in [0.5, 0.6) is 0 Å². The van der Waals surface area contributed by atoms with Crippen LogP contribution in [-0.2, 0) is 52.5 Å². The summed E-state index contributed by atoms with van der Waals surface area (Å²) in [5.41, 5.74) is -0.781. The van der Waals surface area contributed by atoms with Crippen LogP contribution < -0.4 is 0 Å². The van der Waals surface area contributed by atoms with E-state index in [-0.39, 0.29) is 68.6 Å². The van der Waals surface area contributed by atoms with Crippen LogP contribution in [0.2, 0.25) is 0 Å². The van der Waals surface area contributed by atoms with E-state index in [1.807, 2.05) is 6.92 Å². The molecule has 11 nitrogen and oxygen atoms in total. The molecule has 0 heterocycles. The number of rotatable bonds is 28. The van der Waals surface area contributed by atoms with Gasteiger partial charge in [-0.25, -0.2) is 0 Å². The van der Waals surface area contributed by atoms with Crippen LogP contribution >= 0.6 is 47.0 Å². The second-order valence-corrected chi connectivity index (χ2v) is 13.8. The number of thioether (sulfide) groups is 4. The zero-order valence-electron chi connectivity index (χ0n) is 25.8. The molecule has 0 saturated carbocycles. The van der Waals surface area contributed by atoms with Gasteiger partial charge in [0.25, 0.3) is 0 Å². The summed E-state index contributed by atoms with van der Waals surface area (Å²) in [4.78, 5) is 71.7. The monoisotopic (exact) mass is 708 g/mol. The molecule has 0 aliphatic heterocycles. The quantitative estimate of drug-likeness (QED) is 0.0446. The van der Waals surface area contributed by atoms with E-state index in [1.54, 1.807) is 0 Å². The summed E-state index contributed by atoms with van der Waals surface area (Å²) in [6, 6.07) is 0. The third-order valence-electron chi connectivity index (χ3n) is 5.72. The van der Waals surface area contributed by atoms with Gasteiger partial charge in [0.15, 0.2) is 5.12 Å². The molecule has 0 aromatic heterocycles. The Morgan fingerprint density at radius 3 is 1.22 bits per heavy atom. The molecule has 0 atom stereocenters. The summed E-state index contributed by atoms with van der Waals surface area (Å²) < 4.78 is 25.1. The van der Waals surface area contributed by atoms with Crippen molar-refractivity contribution in [1.29, 1.82) is 0 Å². The zero-order valence-corrected chi connectivity index (χ0v) is 29.1. The van der Waals surface area contributed by atoms with Gasteiger partial charge in [0, 0.05) is 52.1 Å². The highest BCUT2D eigenvalue weighted by Gasteiger charge is 2.33. The van der Waals surface area contributed by atoms with Crippen molar-refractivity contribution < 1.29 is 52.5 Å². The Bertz CT molecular complexity index is 855. The molecule has 0 aliphatic rings. The summed E-state index contributed by atoms with van der Waals surface area (Å²) in [7, 11) is 0. The first-order chi connectivity index (χ1) is 21.6. The van der Waals surface area contributed by atoms with E-state index in [0.29, 0.717) is 40.9 Å². The Morgan fingerprint density at radius 1 is 0.556 bits per heavy atom. The first-order valence-electron chi connectivity index (χ1n) is 14.2. The molecule has 0 aliphatic carbocycles. The van der Waals surface area contributed by atoms with Gasteiger partial charge in [-0.05, 0) is 6.42 Å². The van der Waals surface area contributed by atoms with E-state index in [9.17, 15) is 28.8 Å². The fraction of sp³-hybridized carbons (Fsp3) is 0.600. The number of hydrogen-bond donors (Lipinski definition) is 0. The summed E-state index contributed by atoms with van der Waals surface area (Å²) in [5, 5.41) is -0.0654. The topological polar surface area (TPSA) is 149 Å². The summed E-state index contributed by atoms with van der Waals surface area (Å²) >= 11 is 5.39. The van der Waals surface area contributed by atoms with Gasteiger partial charge in [-0.3, -0.25) is 28.8 Å². The predicted octanol–water partition coefficient (Wildman–Crippen LogP) is 5.33. The third-order valence-corrected chi connectivity index (χ3v) is 9.96. The Balaban J connectivity index is 4.87. The molecule has 254 valence electrons. The van der Waals surface area contributed by atoms with E-state index >= 15 is 0 Å². The first kappa shape index (κ1) is 42.6. The van der Waals surface area contributed by atoms with Crippen LogP contribution in [0.15, 0.2) is 38.5 Å². The molecule has 0 N–H and O–H groups in total. The van der Waals surface area contributed by atoms with Crippen LogP contribution in [0.25, 0.3) is 0 Å². The van der Waals surface area contributed by atoms with Gasteiger partial charge >= 0.3 is 29.8 Å². The molecule has 45 heavy (non-hydrogen) atoms. The highest BCUT2D eigenvalue weighted by atomic mass is 32.2. The Morgan fingerprint density at radius 2 is 0.889 bits per heavy atom. The number of esters is 5. The van der Waals surface area contributed by atoms with E-state index in [0.717, 1.165) is 30.5 Å². The van der Waals surface area contributed by atoms with Gasteiger partial charge in [0.2, 0.25) is 0 Å². The number of ether oxygens (including phenoxy) is 5. The lowest BCUT2D eigenvalue weighted by Gasteiger charge is -2.31. The molecule has 0 rings (SSSR count). The minimum atomic E-state index is -0.781. The minimum Gasteiger partial charge on any atom is -0.465 e. The second kappa shape index (κ2) is 27.9. The Hall–Kier alpha value is -2.36. The van der Waals surface area contributed by atoms with Crippen LogP contribution in [0.4, 0.5) is 0 Å². The Kier molecular flexibility index (Phi) is 26.4. The van der Waals surface area contributed by atoms with Crippen LogP contribution in [0.3, 0.4) is 0 Å². The molecule has 0 radical (unpaired) electrons.